The van der Waals surface area contributed by atoms with Crippen LogP contribution in [0.2, 0.25) is 0 Å². The molecule has 0 saturated carbocycles. The van der Waals surface area contributed by atoms with Gasteiger partial charge in [-0.2, -0.15) is 0 Å². The lowest BCUT2D eigenvalue weighted by atomic mass is 10.1. The zero-order valence-electron chi connectivity index (χ0n) is 13.1. The number of amides is 1. The normalized spacial score (nSPS) is 19.9. The number of hydrogen-bond donors (Lipinski definition) is 0. The van der Waals surface area contributed by atoms with E-state index < -0.39 is 0 Å². The Bertz CT molecular complexity index is 705. The van der Waals surface area contributed by atoms with Crippen molar-refractivity contribution in [3.8, 4) is 0 Å². The minimum absolute atomic E-state index is 0.0773. The molecule has 0 N–H and O–H groups in total. The third-order valence-electron chi connectivity index (χ3n) is 4.18. The number of piperazine rings is 1. The number of rotatable bonds is 2. The lowest BCUT2D eigenvalue weighted by Gasteiger charge is -2.37. The summed E-state index contributed by atoms with van der Waals surface area (Å²) in [6, 6.07) is 10.2. The lowest BCUT2D eigenvalue weighted by molar-refractivity contribution is -0.129. The van der Waals surface area contributed by atoms with Crippen molar-refractivity contribution < 1.29 is 4.79 Å². The topological polar surface area (TPSA) is 36.4 Å². The summed E-state index contributed by atoms with van der Waals surface area (Å²) in [5.41, 5.74) is 1.91. The van der Waals surface area contributed by atoms with E-state index in [1.165, 1.54) is 0 Å². The molecule has 4 heteroatoms. The fourth-order valence-corrected chi connectivity index (χ4v) is 2.99. The first-order chi connectivity index (χ1) is 10.6. The van der Waals surface area contributed by atoms with Crippen molar-refractivity contribution in [1.29, 1.82) is 0 Å². The van der Waals surface area contributed by atoms with Gasteiger partial charge in [-0.1, -0.05) is 24.3 Å². The Labute approximate surface area is 131 Å². The van der Waals surface area contributed by atoms with Crippen LogP contribution in [0.15, 0.2) is 42.6 Å². The summed E-state index contributed by atoms with van der Waals surface area (Å²) in [5, 5.41) is 1.09. The van der Waals surface area contributed by atoms with Gasteiger partial charge in [0.25, 0.3) is 0 Å². The number of aromatic nitrogens is 1. The molecule has 1 fully saturated rings. The van der Waals surface area contributed by atoms with E-state index in [0.29, 0.717) is 0 Å². The molecule has 0 aliphatic carbocycles. The Hall–Kier alpha value is -2.20. The van der Waals surface area contributed by atoms with Gasteiger partial charge in [-0.15, -0.1) is 0 Å². The lowest BCUT2D eigenvalue weighted by Crippen LogP contribution is -2.52. The van der Waals surface area contributed by atoms with Crippen molar-refractivity contribution in [2.24, 2.45) is 0 Å². The molecular formula is C18H21N3O. The van der Waals surface area contributed by atoms with Gasteiger partial charge in [0.2, 0.25) is 5.91 Å². The minimum atomic E-state index is 0.0773. The van der Waals surface area contributed by atoms with Crippen molar-refractivity contribution in [3.05, 3.63) is 48.2 Å². The summed E-state index contributed by atoms with van der Waals surface area (Å²) in [6.07, 6.45) is 5.33. The maximum absolute atomic E-state index is 12.4. The van der Waals surface area contributed by atoms with E-state index in [-0.39, 0.29) is 11.9 Å². The largest absolute Gasteiger partial charge is 0.334 e. The van der Waals surface area contributed by atoms with Crippen LogP contribution in [0.5, 0.6) is 0 Å². The molecule has 1 aliphatic heterocycles. The average molecular weight is 295 g/mol. The minimum Gasteiger partial charge on any atom is -0.334 e. The Kier molecular flexibility index (Phi) is 4.20. The predicted octanol–water partition coefficient (Wildman–Crippen LogP) is 2.41. The molecule has 1 atom stereocenters. The number of carbonyl (C=O) groups is 1. The molecule has 4 nitrogen and oxygen atoms in total. The Morgan fingerprint density at radius 2 is 2.09 bits per heavy atom. The van der Waals surface area contributed by atoms with Crippen LogP contribution in [0, 0.1) is 0 Å². The zero-order valence-corrected chi connectivity index (χ0v) is 13.1. The number of carbonyl (C=O) groups excluding carboxylic acids is 1. The Morgan fingerprint density at radius 3 is 2.91 bits per heavy atom. The zero-order chi connectivity index (χ0) is 15.5. The molecule has 0 radical (unpaired) electrons. The highest BCUT2D eigenvalue weighted by molar-refractivity contribution is 5.95. The number of likely N-dealkylation sites (N-methyl/N-ethyl adjacent to an activating group) is 1. The number of fused-ring (bicyclic) bond motifs is 1. The van der Waals surface area contributed by atoms with Gasteiger partial charge in [0.15, 0.2) is 0 Å². The van der Waals surface area contributed by atoms with Gasteiger partial charge < -0.3 is 9.80 Å². The van der Waals surface area contributed by atoms with Crippen LogP contribution in [0.1, 0.15) is 12.5 Å². The highest BCUT2D eigenvalue weighted by Crippen LogP contribution is 2.17. The molecule has 1 aliphatic rings. The second-order valence-electron chi connectivity index (χ2n) is 5.90. The van der Waals surface area contributed by atoms with Gasteiger partial charge in [0.05, 0.1) is 5.52 Å². The maximum Gasteiger partial charge on any atom is 0.246 e. The van der Waals surface area contributed by atoms with Crippen LogP contribution in [-0.4, -0.2) is 53.4 Å². The molecule has 2 aromatic rings. The molecule has 1 aromatic carbocycles. The predicted molar refractivity (Wildman–Crippen MR) is 89.4 cm³/mol. The van der Waals surface area contributed by atoms with Crippen molar-refractivity contribution in [3.63, 3.8) is 0 Å². The van der Waals surface area contributed by atoms with Gasteiger partial charge in [-0.05, 0) is 26.1 Å². The molecule has 0 spiro atoms. The molecule has 0 bridgehead atoms. The molecule has 1 unspecified atom stereocenters. The first-order valence-corrected chi connectivity index (χ1v) is 7.66. The van der Waals surface area contributed by atoms with E-state index in [0.717, 1.165) is 36.1 Å². The number of benzene rings is 1. The Balaban J connectivity index is 1.79. The summed E-state index contributed by atoms with van der Waals surface area (Å²) in [5.74, 6) is 0.0773. The second kappa shape index (κ2) is 6.28. The van der Waals surface area contributed by atoms with E-state index in [1.54, 1.807) is 12.3 Å². The van der Waals surface area contributed by atoms with Crippen LogP contribution in [0.25, 0.3) is 17.0 Å². The highest BCUT2D eigenvalue weighted by Gasteiger charge is 2.23. The first kappa shape index (κ1) is 14.7. The third-order valence-corrected chi connectivity index (χ3v) is 4.18. The highest BCUT2D eigenvalue weighted by atomic mass is 16.2. The summed E-state index contributed by atoms with van der Waals surface area (Å²) in [7, 11) is 2.09. The molecule has 3 rings (SSSR count). The number of para-hydroxylation sites is 1. The smallest absolute Gasteiger partial charge is 0.246 e. The standard InChI is InChI=1S/C18H21N3O/c1-14-13-20(2)11-12-21(14)17(22)9-8-16-6-3-5-15-7-4-10-19-18(15)16/h3-10,14H,11-13H2,1-2H3/b9-8+. The number of pyridine rings is 1. The van der Waals surface area contributed by atoms with Crippen LogP contribution in [-0.2, 0) is 4.79 Å². The van der Waals surface area contributed by atoms with Crippen LogP contribution in [0.4, 0.5) is 0 Å². The average Bonchev–Trinajstić information content (AvgIpc) is 2.52. The van der Waals surface area contributed by atoms with E-state index in [1.807, 2.05) is 41.3 Å². The van der Waals surface area contributed by atoms with Gasteiger partial charge in [-0.3, -0.25) is 9.78 Å². The van der Waals surface area contributed by atoms with Crippen molar-refractivity contribution in [2.75, 3.05) is 26.7 Å². The SMILES string of the molecule is CC1CN(C)CCN1C(=O)/C=C/c1cccc2cccnc12. The fraction of sp³-hybridized carbons (Fsp3) is 0.333. The van der Waals surface area contributed by atoms with Crippen LogP contribution >= 0.6 is 0 Å². The van der Waals surface area contributed by atoms with Crippen LogP contribution in [0.3, 0.4) is 0 Å². The van der Waals surface area contributed by atoms with Crippen molar-refractivity contribution in [2.45, 2.75) is 13.0 Å². The van der Waals surface area contributed by atoms with Crippen molar-refractivity contribution >= 4 is 22.9 Å². The molecular weight excluding hydrogens is 274 g/mol. The summed E-state index contributed by atoms with van der Waals surface area (Å²) in [6.45, 7) is 4.74. The van der Waals surface area contributed by atoms with E-state index in [4.69, 9.17) is 0 Å². The molecule has 22 heavy (non-hydrogen) atoms. The summed E-state index contributed by atoms with van der Waals surface area (Å²) < 4.78 is 0. The van der Waals surface area contributed by atoms with Gasteiger partial charge >= 0.3 is 0 Å². The molecule has 1 aromatic heterocycles. The maximum atomic E-state index is 12.4. The first-order valence-electron chi connectivity index (χ1n) is 7.66. The number of hydrogen-bond acceptors (Lipinski definition) is 3. The summed E-state index contributed by atoms with van der Waals surface area (Å²) in [4.78, 5) is 21.0. The summed E-state index contributed by atoms with van der Waals surface area (Å²) >= 11 is 0. The number of nitrogens with zero attached hydrogens (tertiary/aromatic N) is 3. The molecule has 2 heterocycles. The quantitative estimate of drug-likeness (QED) is 0.798. The van der Waals surface area contributed by atoms with Gasteiger partial charge in [0.1, 0.15) is 0 Å². The van der Waals surface area contributed by atoms with Crippen LogP contribution < -0.4 is 0 Å². The van der Waals surface area contributed by atoms with Crippen molar-refractivity contribution in [1.82, 2.24) is 14.8 Å². The van der Waals surface area contributed by atoms with Gasteiger partial charge in [-0.25, -0.2) is 0 Å². The Morgan fingerprint density at radius 1 is 1.27 bits per heavy atom. The van der Waals surface area contributed by atoms with Gasteiger partial charge in [0, 0.05) is 48.9 Å². The third kappa shape index (κ3) is 3.02. The monoisotopic (exact) mass is 295 g/mol. The second-order valence-corrected chi connectivity index (χ2v) is 5.90. The van der Waals surface area contributed by atoms with E-state index in [2.05, 4.69) is 23.9 Å². The van der Waals surface area contributed by atoms with E-state index in [9.17, 15) is 4.79 Å². The van der Waals surface area contributed by atoms with E-state index >= 15 is 0 Å². The molecule has 1 amide bonds. The fourth-order valence-electron chi connectivity index (χ4n) is 2.99. The molecule has 1 saturated heterocycles. The molecule has 114 valence electrons.